The van der Waals surface area contributed by atoms with Crippen molar-refractivity contribution < 1.29 is 14.3 Å². The summed E-state index contributed by atoms with van der Waals surface area (Å²) in [5.74, 6) is 0.268. The van der Waals surface area contributed by atoms with Crippen LogP contribution in [0.4, 0.5) is 4.79 Å². The maximum Gasteiger partial charge on any atom is 0.294 e. The Morgan fingerprint density at radius 2 is 1.83 bits per heavy atom. The molecule has 2 heterocycles. The predicted octanol–water partition coefficient (Wildman–Crippen LogP) is 3.14. The van der Waals surface area contributed by atoms with Crippen LogP contribution in [-0.4, -0.2) is 53.9 Å². The van der Waals surface area contributed by atoms with Gasteiger partial charge in [0, 0.05) is 13.1 Å². The smallest absolute Gasteiger partial charge is 0.294 e. The fourth-order valence-corrected chi connectivity index (χ4v) is 3.52. The van der Waals surface area contributed by atoms with Crippen LogP contribution < -0.4 is 0 Å². The van der Waals surface area contributed by atoms with E-state index in [1.54, 1.807) is 6.08 Å². The molecule has 0 saturated carbocycles. The van der Waals surface area contributed by atoms with Crippen molar-refractivity contribution in [3.63, 3.8) is 0 Å². The average Bonchev–Trinajstić information content (AvgIpc) is 2.84. The summed E-state index contributed by atoms with van der Waals surface area (Å²) in [7, 11) is 0. The van der Waals surface area contributed by atoms with Gasteiger partial charge in [-0.3, -0.25) is 19.4 Å². The Hall–Kier alpha value is -1.63. The Kier molecular flexibility index (Phi) is 5.38. The molecule has 0 unspecified atom stereocenters. The van der Waals surface area contributed by atoms with E-state index in [1.165, 1.54) is 10.5 Å². The van der Waals surface area contributed by atoms with Crippen LogP contribution in [-0.2, 0) is 9.53 Å². The van der Waals surface area contributed by atoms with Crippen molar-refractivity contribution >= 4 is 29.0 Å². The highest BCUT2D eigenvalue weighted by molar-refractivity contribution is 8.18. The SMILES string of the molecule is CC(C)c1ccc(C=C2SC(=O)N(CN3CCOCC3)C2=O)cc1. The molecule has 2 amide bonds. The summed E-state index contributed by atoms with van der Waals surface area (Å²) in [5, 5.41) is -0.198. The normalized spacial score (nSPS) is 21.3. The molecule has 2 fully saturated rings. The van der Waals surface area contributed by atoms with E-state index in [0.717, 1.165) is 30.4 Å². The lowest BCUT2D eigenvalue weighted by Gasteiger charge is -2.29. The van der Waals surface area contributed by atoms with Crippen molar-refractivity contribution in [2.24, 2.45) is 0 Å². The Bertz CT molecular complexity index is 649. The molecule has 1 aromatic rings. The molecule has 128 valence electrons. The maximum atomic E-state index is 12.5. The van der Waals surface area contributed by atoms with Crippen LogP contribution in [0.1, 0.15) is 30.9 Å². The molecule has 0 aromatic heterocycles. The van der Waals surface area contributed by atoms with Crippen molar-refractivity contribution in [2.45, 2.75) is 19.8 Å². The van der Waals surface area contributed by atoms with Crippen LogP contribution in [0, 0.1) is 0 Å². The van der Waals surface area contributed by atoms with Crippen LogP contribution in [0.5, 0.6) is 0 Å². The molecule has 6 heteroatoms. The summed E-state index contributed by atoms with van der Waals surface area (Å²) in [6.45, 7) is 7.42. The van der Waals surface area contributed by atoms with Gasteiger partial charge in [-0.1, -0.05) is 38.1 Å². The van der Waals surface area contributed by atoms with Gasteiger partial charge < -0.3 is 4.74 Å². The van der Waals surface area contributed by atoms with E-state index in [4.69, 9.17) is 4.74 Å². The molecular weight excluding hydrogens is 324 g/mol. The quantitative estimate of drug-likeness (QED) is 0.784. The molecule has 0 spiro atoms. The maximum absolute atomic E-state index is 12.5. The molecule has 2 aliphatic rings. The zero-order chi connectivity index (χ0) is 17.1. The fraction of sp³-hybridized carbons (Fsp3) is 0.444. The standard InChI is InChI=1S/C18H22N2O3S/c1-13(2)15-5-3-14(4-6-15)11-16-17(21)20(18(22)24-16)12-19-7-9-23-10-8-19/h3-6,11,13H,7-10,12H2,1-2H3. The van der Waals surface area contributed by atoms with E-state index < -0.39 is 0 Å². The lowest BCUT2D eigenvalue weighted by molar-refractivity contribution is -0.125. The number of rotatable bonds is 4. The first-order chi connectivity index (χ1) is 11.5. The number of carbonyl (C=O) groups excluding carboxylic acids is 2. The third kappa shape index (κ3) is 3.88. The van der Waals surface area contributed by atoms with E-state index in [2.05, 4.69) is 30.9 Å². The van der Waals surface area contributed by atoms with E-state index >= 15 is 0 Å². The summed E-state index contributed by atoms with van der Waals surface area (Å²) in [6.07, 6.45) is 1.80. The largest absolute Gasteiger partial charge is 0.379 e. The molecule has 0 aliphatic carbocycles. The number of carbonyl (C=O) groups is 2. The Morgan fingerprint density at radius 1 is 1.17 bits per heavy atom. The number of hydrogen-bond acceptors (Lipinski definition) is 5. The second-order valence-electron chi connectivity index (χ2n) is 6.30. The van der Waals surface area contributed by atoms with Crippen LogP contribution in [0.3, 0.4) is 0 Å². The number of ether oxygens (including phenoxy) is 1. The van der Waals surface area contributed by atoms with Crippen LogP contribution in [0.25, 0.3) is 6.08 Å². The Labute approximate surface area is 146 Å². The van der Waals surface area contributed by atoms with Crippen molar-refractivity contribution in [3.05, 3.63) is 40.3 Å². The van der Waals surface area contributed by atoms with Gasteiger partial charge in [0.15, 0.2) is 0 Å². The molecule has 0 radical (unpaired) electrons. The third-order valence-corrected chi connectivity index (χ3v) is 5.13. The van der Waals surface area contributed by atoms with Crippen molar-refractivity contribution in [2.75, 3.05) is 33.0 Å². The minimum atomic E-state index is -0.204. The summed E-state index contributed by atoms with van der Waals surface area (Å²) >= 11 is 1.02. The molecule has 2 aliphatic heterocycles. The van der Waals surface area contributed by atoms with E-state index in [1.807, 2.05) is 12.1 Å². The topological polar surface area (TPSA) is 49.9 Å². The van der Waals surface area contributed by atoms with E-state index in [9.17, 15) is 9.59 Å². The fourth-order valence-electron chi connectivity index (χ4n) is 2.69. The summed E-state index contributed by atoms with van der Waals surface area (Å²) in [4.78, 5) is 28.6. The minimum Gasteiger partial charge on any atom is -0.379 e. The van der Waals surface area contributed by atoms with Crippen molar-refractivity contribution in [1.82, 2.24) is 9.80 Å². The molecule has 5 nitrogen and oxygen atoms in total. The first kappa shape index (κ1) is 17.2. The Morgan fingerprint density at radius 3 is 2.46 bits per heavy atom. The highest BCUT2D eigenvalue weighted by atomic mass is 32.2. The number of imide groups is 1. The van der Waals surface area contributed by atoms with E-state index in [-0.39, 0.29) is 11.1 Å². The monoisotopic (exact) mass is 346 g/mol. The number of nitrogens with zero attached hydrogens (tertiary/aromatic N) is 2. The number of amides is 2. The highest BCUT2D eigenvalue weighted by Crippen LogP contribution is 2.32. The van der Waals surface area contributed by atoms with Gasteiger partial charge in [0.25, 0.3) is 11.1 Å². The molecular formula is C18H22N2O3S. The van der Waals surface area contributed by atoms with Gasteiger partial charge in [0.1, 0.15) is 0 Å². The van der Waals surface area contributed by atoms with Gasteiger partial charge in [-0.05, 0) is 34.9 Å². The molecule has 0 atom stereocenters. The van der Waals surface area contributed by atoms with Gasteiger partial charge in [-0.25, -0.2) is 0 Å². The lowest BCUT2D eigenvalue weighted by Crippen LogP contribution is -2.45. The van der Waals surface area contributed by atoms with Gasteiger partial charge in [-0.2, -0.15) is 0 Å². The van der Waals surface area contributed by atoms with Crippen LogP contribution >= 0.6 is 11.8 Å². The number of benzene rings is 1. The zero-order valence-corrected chi connectivity index (χ0v) is 14.8. The van der Waals surface area contributed by atoms with Gasteiger partial charge >= 0.3 is 0 Å². The summed E-state index contributed by atoms with van der Waals surface area (Å²) in [5.41, 5.74) is 2.20. The molecule has 1 aromatic carbocycles. The highest BCUT2D eigenvalue weighted by Gasteiger charge is 2.36. The Balaban J connectivity index is 1.70. The van der Waals surface area contributed by atoms with Gasteiger partial charge in [-0.15, -0.1) is 0 Å². The van der Waals surface area contributed by atoms with E-state index in [0.29, 0.717) is 30.7 Å². The average molecular weight is 346 g/mol. The summed E-state index contributed by atoms with van der Waals surface area (Å²) < 4.78 is 5.30. The second kappa shape index (κ2) is 7.51. The zero-order valence-electron chi connectivity index (χ0n) is 14.0. The first-order valence-electron chi connectivity index (χ1n) is 8.20. The minimum absolute atomic E-state index is 0.198. The first-order valence-corrected chi connectivity index (χ1v) is 9.01. The van der Waals surface area contributed by atoms with Crippen molar-refractivity contribution in [3.8, 4) is 0 Å². The lowest BCUT2D eigenvalue weighted by atomic mass is 10.0. The molecule has 0 bridgehead atoms. The number of morpholine rings is 1. The van der Waals surface area contributed by atoms with Gasteiger partial charge in [0.2, 0.25) is 0 Å². The number of hydrogen-bond donors (Lipinski definition) is 0. The molecule has 2 saturated heterocycles. The van der Waals surface area contributed by atoms with Crippen LogP contribution in [0.15, 0.2) is 29.2 Å². The van der Waals surface area contributed by atoms with Crippen LogP contribution in [0.2, 0.25) is 0 Å². The molecule has 3 rings (SSSR count). The third-order valence-electron chi connectivity index (χ3n) is 4.22. The predicted molar refractivity (Wildman–Crippen MR) is 95.6 cm³/mol. The molecule has 24 heavy (non-hydrogen) atoms. The number of thioether (sulfide) groups is 1. The second-order valence-corrected chi connectivity index (χ2v) is 7.30. The van der Waals surface area contributed by atoms with Gasteiger partial charge in [0.05, 0.1) is 24.8 Å². The van der Waals surface area contributed by atoms with Crippen molar-refractivity contribution in [1.29, 1.82) is 0 Å². The summed E-state index contributed by atoms with van der Waals surface area (Å²) in [6, 6.07) is 8.11. The molecule has 0 N–H and O–H groups in total.